The van der Waals surface area contributed by atoms with Crippen LogP contribution in [0.5, 0.6) is 0 Å². The van der Waals surface area contributed by atoms with Gasteiger partial charge in [-0.25, -0.2) is 0 Å². The van der Waals surface area contributed by atoms with Crippen LogP contribution in [0.25, 0.3) is 0 Å². The van der Waals surface area contributed by atoms with E-state index in [0.29, 0.717) is 6.42 Å². The molecule has 1 heterocycles. The number of hydrogen-bond donors (Lipinski definition) is 0. The van der Waals surface area contributed by atoms with E-state index in [4.69, 9.17) is 5.26 Å². The average molecular weight is 133 g/mol. The Labute approximate surface area is 59.3 Å². The molecule has 50 valence electrons. The van der Waals surface area contributed by atoms with Crippen molar-refractivity contribution >= 4 is 0 Å². The minimum atomic E-state index is 0.547. The third kappa shape index (κ3) is 1.82. The number of aromatic nitrogens is 2. The van der Waals surface area contributed by atoms with Crippen molar-refractivity contribution in [3.05, 3.63) is 24.0 Å². The van der Waals surface area contributed by atoms with E-state index in [2.05, 4.69) is 16.3 Å². The van der Waals surface area contributed by atoms with E-state index in [1.165, 1.54) is 0 Å². The maximum atomic E-state index is 8.24. The second kappa shape index (κ2) is 3.57. The molecule has 0 N–H and O–H groups in total. The van der Waals surface area contributed by atoms with Crippen LogP contribution >= 0.6 is 0 Å². The summed E-state index contributed by atoms with van der Waals surface area (Å²) in [7, 11) is 0. The van der Waals surface area contributed by atoms with E-state index in [-0.39, 0.29) is 0 Å². The van der Waals surface area contributed by atoms with Gasteiger partial charge in [0.15, 0.2) is 0 Å². The molecule has 0 aliphatic heterocycles. The van der Waals surface area contributed by atoms with Crippen LogP contribution in [0.15, 0.2) is 18.5 Å². The Bertz CT molecular complexity index is 224. The summed E-state index contributed by atoms with van der Waals surface area (Å²) < 4.78 is 0. The Morgan fingerprint density at radius 3 is 3.00 bits per heavy atom. The first-order valence-corrected chi connectivity index (χ1v) is 3.06. The summed E-state index contributed by atoms with van der Waals surface area (Å²) in [5.41, 5.74) is 1.07. The Morgan fingerprint density at radius 1 is 1.50 bits per heavy atom. The zero-order valence-electron chi connectivity index (χ0n) is 5.49. The van der Waals surface area contributed by atoms with Crippen LogP contribution in [0, 0.1) is 11.3 Å². The Balaban J connectivity index is 2.52. The SMILES string of the molecule is N#CCCc1ccnnc1. The van der Waals surface area contributed by atoms with Gasteiger partial charge in [-0.15, -0.1) is 0 Å². The minimum absolute atomic E-state index is 0.547. The van der Waals surface area contributed by atoms with Crippen molar-refractivity contribution in [1.29, 1.82) is 5.26 Å². The molecule has 0 saturated heterocycles. The molecule has 0 unspecified atom stereocenters. The number of nitriles is 1. The van der Waals surface area contributed by atoms with Gasteiger partial charge in [-0.3, -0.25) is 0 Å². The highest BCUT2D eigenvalue weighted by molar-refractivity contribution is 5.06. The Morgan fingerprint density at radius 2 is 2.40 bits per heavy atom. The smallest absolute Gasteiger partial charge is 0.0625 e. The average Bonchev–Trinajstić information content (AvgIpc) is 2.03. The minimum Gasteiger partial charge on any atom is -0.198 e. The van der Waals surface area contributed by atoms with Crippen LogP contribution in [0.1, 0.15) is 12.0 Å². The van der Waals surface area contributed by atoms with E-state index in [9.17, 15) is 0 Å². The lowest BCUT2D eigenvalue weighted by atomic mass is 10.2. The summed E-state index contributed by atoms with van der Waals surface area (Å²) in [6.45, 7) is 0. The Kier molecular flexibility index (Phi) is 2.39. The van der Waals surface area contributed by atoms with Gasteiger partial charge in [0, 0.05) is 12.6 Å². The number of aryl methyl sites for hydroxylation is 1. The number of rotatable bonds is 2. The standard InChI is InChI=1S/C7H7N3/c8-4-1-2-7-3-5-9-10-6-7/h3,5-6H,1-2H2. The van der Waals surface area contributed by atoms with Crippen molar-refractivity contribution in [2.45, 2.75) is 12.8 Å². The zero-order valence-corrected chi connectivity index (χ0v) is 5.49. The van der Waals surface area contributed by atoms with Gasteiger partial charge in [-0.2, -0.15) is 15.5 Å². The first-order chi connectivity index (χ1) is 4.93. The van der Waals surface area contributed by atoms with Crippen LogP contribution in [-0.2, 0) is 6.42 Å². The lowest BCUT2D eigenvalue weighted by molar-refractivity contribution is 0.945. The molecule has 0 amide bonds. The zero-order chi connectivity index (χ0) is 7.23. The summed E-state index contributed by atoms with van der Waals surface area (Å²) in [6.07, 6.45) is 4.63. The van der Waals surface area contributed by atoms with Crippen LogP contribution < -0.4 is 0 Å². The first kappa shape index (κ1) is 6.69. The second-order valence-electron chi connectivity index (χ2n) is 1.91. The summed E-state index contributed by atoms with van der Waals surface area (Å²) in [4.78, 5) is 0. The van der Waals surface area contributed by atoms with Gasteiger partial charge in [-0.05, 0) is 18.1 Å². The summed E-state index contributed by atoms with van der Waals surface area (Å²) in [5, 5.41) is 15.5. The molecule has 3 nitrogen and oxygen atoms in total. The molecule has 0 bridgehead atoms. The highest BCUT2D eigenvalue weighted by atomic mass is 15.1. The predicted molar refractivity (Wildman–Crippen MR) is 36.0 cm³/mol. The molecule has 0 aliphatic carbocycles. The van der Waals surface area contributed by atoms with E-state index >= 15 is 0 Å². The molecule has 0 spiro atoms. The lowest BCUT2D eigenvalue weighted by Gasteiger charge is -1.91. The van der Waals surface area contributed by atoms with Crippen molar-refractivity contribution in [2.24, 2.45) is 0 Å². The van der Waals surface area contributed by atoms with Crippen molar-refractivity contribution in [3.63, 3.8) is 0 Å². The maximum Gasteiger partial charge on any atom is 0.0625 e. The topological polar surface area (TPSA) is 49.6 Å². The summed E-state index contributed by atoms with van der Waals surface area (Å²) >= 11 is 0. The second-order valence-corrected chi connectivity index (χ2v) is 1.91. The van der Waals surface area contributed by atoms with Gasteiger partial charge < -0.3 is 0 Å². The Hall–Kier alpha value is -1.43. The fourth-order valence-electron chi connectivity index (χ4n) is 0.666. The van der Waals surface area contributed by atoms with Gasteiger partial charge in [0.25, 0.3) is 0 Å². The quantitative estimate of drug-likeness (QED) is 0.603. The molecule has 3 heteroatoms. The monoisotopic (exact) mass is 133 g/mol. The third-order valence-electron chi connectivity index (χ3n) is 1.17. The number of nitrogens with zero attached hydrogens (tertiary/aromatic N) is 3. The molecule has 0 radical (unpaired) electrons. The molecule has 1 aromatic heterocycles. The first-order valence-electron chi connectivity index (χ1n) is 3.06. The molecule has 0 aromatic carbocycles. The summed E-state index contributed by atoms with van der Waals surface area (Å²) in [6, 6.07) is 3.93. The van der Waals surface area contributed by atoms with Crippen LogP contribution in [0.4, 0.5) is 0 Å². The van der Waals surface area contributed by atoms with Crippen molar-refractivity contribution < 1.29 is 0 Å². The van der Waals surface area contributed by atoms with Gasteiger partial charge in [0.2, 0.25) is 0 Å². The van der Waals surface area contributed by atoms with E-state index in [1.807, 2.05) is 6.07 Å². The lowest BCUT2D eigenvalue weighted by Crippen LogP contribution is -1.85. The fraction of sp³-hybridized carbons (Fsp3) is 0.286. The van der Waals surface area contributed by atoms with E-state index < -0.39 is 0 Å². The molecule has 0 atom stereocenters. The molecular weight excluding hydrogens is 126 g/mol. The molecule has 0 fully saturated rings. The molecule has 0 aliphatic rings. The normalized spacial score (nSPS) is 8.70. The van der Waals surface area contributed by atoms with Crippen molar-refractivity contribution in [2.75, 3.05) is 0 Å². The van der Waals surface area contributed by atoms with Gasteiger partial charge in [-0.1, -0.05) is 0 Å². The molecule has 1 aromatic rings. The predicted octanol–water partition coefficient (Wildman–Crippen LogP) is 0.933. The highest BCUT2D eigenvalue weighted by Gasteiger charge is 1.89. The van der Waals surface area contributed by atoms with Gasteiger partial charge in [0.1, 0.15) is 0 Å². The molecular formula is C7H7N3. The molecule has 0 saturated carbocycles. The number of hydrogen-bond acceptors (Lipinski definition) is 3. The van der Waals surface area contributed by atoms with Crippen LogP contribution in [0.3, 0.4) is 0 Å². The van der Waals surface area contributed by atoms with Crippen LogP contribution in [-0.4, -0.2) is 10.2 Å². The highest BCUT2D eigenvalue weighted by Crippen LogP contribution is 1.96. The van der Waals surface area contributed by atoms with Crippen molar-refractivity contribution in [3.8, 4) is 6.07 Å². The van der Waals surface area contributed by atoms with Crippen molar-refractivity contribution in [1.82, 2.24) is 10.2 Å². The van der Waals surface area contributed by atoms with E-state index in [0.717, 1.165) is 12.0 Å². The largest absolute Gasteiger partial charge is 0.198 e. The maximum absolute atomic E-state index is 8.24. The van der Waals surface area contributed by atoms with Gasteiger partial charge >= 0.3 is 0 Å². The molecule has 1 rings (SSSR count). The summed E-state index contributed by atoms with van der Waals surface area (Å²) in [5.74, 6) is 0. The van der Waals surface area contributed by atoms with Crippen LogP contribution in [0.2, 0.25) is 0 Å². The third-order valence-corrected chi connectivity index (χ3v) is 1.17. The molecule has 10 heavy (non-hydrogen) atoms. The fourth-order valence-corrected chi connectivity index (χ4v) is 0.666. The van der Waals surface area contributed by atoms with E-state index in [1.54, 1.807) is 12.4 Å². The van der Waals surface area contributed by atoms with Gasteiger partial charge in [0.05, 0.1) is 12.3 Å².